The molecule has 1 aliphatic heterocycles. The standard InChI is InChI=1S/C23H19NO3S/c1-15-6-5-7-16(12-15)14-24-22(25)21(28-23(24)26)13-17-10-11-20(27-2)19-9-4-3-8-18(17)19/h3-13H,14H2,1-2H3/b21-13-. The van der Waals surface area contributed by atoms with Gasteiger partial charge in [0.05, 0.1) is 18.6 Å². The number of carbonyl (C=O) groups is 2. The molecule has 0 N–H and O–H groups in total. The average Bonchev–Trinajstić information content (AvgIpc) is 2.96. The largest absolute Gasteiger partial charge is 0.496 e. The smallest absolute Gasteiger partial charge is 0.293 e. The first-order chi connectivity index (χ1) is 13.6. The Morgan fingerprint density at radius 3 is 2.54 bits per heavy atom. The molecule has 28 heavy (non-hydrogen) atoms. The summed E-state index contributed by atoms with van der Waals surface area (Å²) in [5.74, 6) is 0.525. The maximum atomic E-state index is 12.9. The monoisotopic (exact) mass is 389 g/mol. The van der Waals surface area contributed by atoms with Crippen LogP contribution in [-0.4, -0.2) is 23.2 Å². The zero-order valence-corrected chi connectivity index (χ0v) is 16.5. The number of thioether (sulfide) groups is 1. The maximum absolute atomic E-state index is 12.9. The van der Waals surface area contributed by atoms with Crippen LogP contribution in [0.15, 0.2) is 65.6 Å². The molecule has 2 amide bonds. The van der Waals surface area contributed by atoms with E-state index in [0.29, 0.717) is 4.91 Å². The van der Waals surface area contributed by atoms with Gasteiger partial charge in [0, 0.05) is 5.39 Å². The highest BCUT2D eigenvalue weighted by molar-refractivity contribution is 8.18. The number of rotatable bonds is 4. The maximum Gasteiger partial charge on any atom is 0.293 e. The van der Waals surface area contributed by atoms with Crippen LogP contribution in [0, 0.1) is 6.92 Å². The summed E-state index contributed by atoms with van der Waals surface area (Å²) in [4.78, 5) is 27.0. The second-order valence-corrected chi connectivity index (χ2v) is 7.65. The van der Waals surface area contributed by atoms with Crippen LogP contribution in [0.4, 0.5) is 4.79 Å². The van der Waals surface area contributed by atoms with Crippen LogP contribution < -0.4 is 4.74 Å². The molecule has 0 aliphatic carbocycles. The predicted molar refractivity (Wildman–Crippen MR) is 113 cm³/mol. The highest BCUT2D eigenvalue weighted by atomic mass is 32.2. The van der Waals surface area contributed by atoms with E-state index >= 15 is 0 Å². The molecule has 0 atom stereocenters. The highest BCUT2D eigenvalue weighted by Gasteiger charge is 2.35. The van der Waals surface area contributed by atoms with Crippen molar-refractivity contribution in [2.45, 2.75) is 13.5 Å². The highest BCUT2D eigenvalue weighted by Crippen LogP contribution is 2.36. The summed E-state index contributed by atoms with van der Waals surface area (Å²) in [6.07, 6.45) is 1.79. The van der Waals surface area contributed by atoms with Gasteiger partial charge < -0.3 is 4.74 Å². The third kappa shape index (κ3) is 3.41. The quantitative estimate of drug-likeness (QED) is 0.561. The van der Waals surface area contributed by atoms with E-state index in [1.807, 2.05) is 67.6 Å². The minimum Gasteiger partial charge on any atom is -0.496 e. The van der Waals surface area contributed by atoms with Crippen molar-refractivity contribution in [2.24, 2.45) is 0 Å². The van der Waals surface area contributed by atoms with Gasteiger partial charge in [0.15, 0.2) is 0 Å². The Labute approximate surface area is 167 Å². The lowest BCUT2D eigenvalue weighted by molar-refractivity contribution is -0.123. The fourth-order valence-electron chi connectivity index (χ4n) is 3.37. The van der Waals surface area contributed by atoms with E-state index in [4.69, 9.17) is 4.74 Å². The van der Waals surface area contributed by atoms with Crippen LogP contribution in [0.25, 0.3) is 16.8 Å². The lowest BCUT2D eigenvalue weighted by atomic mass is 10.0. The molecule has 1 aliphatic rings. The van der Waals surface area contributed by atoms with Gasteiger partial charge in [0.25, 0.3) is 11.1 Å². The second-order valence-electron chi connectivity index (χ2n) is 6.66. The van der Waals surface area contributed by atoms with E-state index in [1.165, 1.54) is 4.90 Å². The normalized spacial score (nSPS) is 15.6. The molecule has 0 spiro atoms. The molecule has 1 heterocycles. The molecule has 0 saturated carbocycles. The summed E-state index contributed by atoms with van der Waals surface area (Å²) in [5, 5.41) is 1.71. The van der Waals surface area contributed by atoms with Crippen molar-refractivity contribution in [3.05, 3.63) is 82.3 Å². The van der Waals surface area contributed by atoms with Crippen LogP contribution in [0.3, 0.4) is 0 Å². The Morgan fingerprint density at radius 1 is 1.00 bits per heavy atom. The SMILES string of the molecule is COc1ccc(/C=C2\SC(=O)N(Cc3cccc(C)c3)C2=O)c2ccccc12. The Kier molecular flexibility index (Phi) is 4.92. The van der Waals surface area contributed by atoms with Crippen molar-refractivity contribution in [3.63, 3.8) is 0 Å². The molecule has 0 radical (unpaired) electrons. The minimum absolute atomic E-state index is 0.240. The van der Waals surface area contributed by atoms with E-state index in [1.54, 1.807) is 13.2 Å². The number of hydrogen-bond acceptors (Lipinski definition) is 4. The van der Waals surface area contributed by atoms with Crippen LogP contribution in [-0.2, 0) is 11.3 Å². The lowest BCUT2D eigenvalue weighted by Crippen LogP contribution is -2.27. The molecule has 4 nitrogen and oxygen atoms in total. The van der Waals surface area contributed by atoms with Crippen molar-refractivity contribution < 1.29 is 14.3 Å². The van der Waals surface area contributed by atoms with Gasteiger partial charge in [-0.05, 0) is 47.3 Å². The van der Waals surface area contributed by atoms with Crippen molar-refractivity contribution in [1.29, 1.82) is 0 Å². The minimum atomic E-state index is -0.253. The van der Waals surface area contributed by atoms with E-state index in [-0.39, 0.29) is 17.7 Å². The number of imide groups is 1. The molecule has 0 aromatic heterocycles. The van der Waals surface area contributed by atoms with Gasteiger partial charge >= 0.3 is 0 Å². The number of hydrogen-bond donors (Lipinski definition) is 0. The number of fused-ring (bicyclic) bond motifs is 1. The van der Waals surface area contributed by atoms with Gasteiger partial charge in [-0.3, -0.25) is 14.5 Å². The first-order valence-corrected chi connectivity index (χ1v) is 9.75. The molecular weight excluding hydrogens is 370 g/mol. The van der Waals surface area contributed by atoms with Gasteiger partial charge in [-0.1, -0.05) is 60.2 Å². The zero-order chi connectivity index (χ0) is 19.7. The molecule has 0 unspecified atom stereocenters. The predicted octanol–water partition coefficient (Wildman–Crippen LogP) is 5.39. The average molecular weight is 389 g/mol. The number of carbonyl (C=O) groups excluding carboxylic acids is 2. The lowest BCUT2D eigenvalue weighted by Gasteiger charge is -2.13. The number of benzene rings is 3. The van der Waals surface area contributed by atoms with Crippen molar-refractivity contribution in [1.82, 2.24) is 4.90 Å². The van der Waals surface area contributed by atoms with Crippen LogP contribution in [0.2, 0.25) is 0 Å². The van der Waals surface area contributed by atoms with Crippen LogP contribution in [0.1, 0.15) is 16.7 Å². The fourth-order valence-corrected chi connectivity index (χ4v) is 4.20. The summed E-state index contributed by atoms with van der Waals surface area (Å²) in [5.41, 5.74) is 2.93. The molecule has 5 heteroatoms. The van der Waals surface area contributed by atoms with Gasteiger partial charge in [-0.2, -0.15) is 0 Å². The Bertz CT molecular complexity index is 1120. The summed E-state index contributed by atoms with van der Waals surface area (Å²) in [6, 6.07) is 19.5. The van der Waals surface area contributed by atoms with E-state index < -0.39 is 0 Å². The van der Waals surface area contributed by atoms with E-state index in [2.05, 4.69) is 0 Å². The molecule has 140 valence electrons. The van der Waals surface area contributed by atoms with Crippen molar-refractivity contribution in [2.75, 3.05) is 7.11 Å². The van der Waals surface area contributed by atoms with Gasteiger partial charge in [-0.25, -0.2) is 0 Å². The Hall–Kier alpha value is -3.05. The number of ether oxygens (including phenoxy) is 1. The summed E-state index contributed by atoms with van der Waals surface area (Å²) in [6.45, 7) is 2.28. The Morgan fingerprint density at radius 2 is 1.79 bits per heavy atom. The summed E-state index contributed by atoms with van der Waals surface area (Å²) < 4.78 is 5.43. The number of amides is 2. The summed E-state index contributed by atoms with van der Waals surface area (Å²) in [7, 11) is 1.64. The zero-order valence-electron chi connectivity index (χ0n) is 15.6. The van der Waals surface area contributed by atoms with Crippen LogP contribution in [0.5, 0.6) is 5.75 Å². The third-order valence-electron chi connectivity index (χ3n) is 4.72. The van der Waals surface area contributed by atoms with Gasteiger partial charge in [0.1, 0.15) is 5.75 Å². The van der Waals surface area contributed by atoms with Crippen molar-refractivity contribution in [3.8, 4) is 5.75 Å². The number of methoxy groups -OCH3 is 1. The number of aryl methyl sites for hydroxylation is 1. The number of nitrogens with zero attached hydrogens (tertiary/aromatic N) is 1. The molecule has 3 aromatic rings. The molecular formula is C23H19NO3S. The van der Waals surface area contributed by atoms with Gasteiger partial charge in [0.2, 0.25) is 0 Å². The molecule has 1 fully saturated rings. The first kappa shape index (κ1) is 18.3. The molecule has 3 aromatic carbocycles. The second kappa shape index (κ2) is 7.52. The first-order valence-electron chi connectivity index (χ1n) is 8.93. The topological polar surface area (TPSA) is 46.6 Å². The molecule has 4 rings (SSSR count). The van der Waals surface area contributed by atoms with Crippen molar-refractivity contribution >= 4 is 39.8 Å². The van der Waals surface area contributed by atoms with Gasteiger partial charge in [-0.15, -0.1) is 0 Å². The molecule has 0 bridgehead atoms. The fraction of sp³-hybridized carbons (Fsp3) is 0.130. The van der Waals surface area contributed by atoms with E-state index in [9.17, 15) is 9.59 Å². The van der Waals surface area contributed by atoms with Crippen LogP contribution >= 0.6 is 11.8 Å². The summed E-state index contributed by atoms with van der Waals surface area (Å²) >= 11 is 0.986. The third-order valence-corrected chi connectivity index (χ3v) is 5.63. The molecule has 1 saturated heterocycles. The van der Waals surface area contributed by atoms with E-state index in [0.717, 1.165) is 45.0 Å². The Balaban J connectivity index is 1.67.